The summed E-state index contributed by atoms with van der Waals surface area (Å²) in [7, 11) is 0. The van der Waals surface area contributed by atoms with Gasteiger partial charge in [-0.2, -0.15) is 9.78 Å². The van der Waals surface area contributed by atoms with Gasteiger partial charge in [0.1, 0.15) is 0 Å². The van der Waals surface area contributed by atoms with Crippen LogP contribution in [0.15, 0.2) is 0 Å². The molecule has 7 nitrogen and oxygen atoms in total. The lowest BCUT2D eigenvalue weighted by Gasteiger charge is -2.37. The second-order valence-corrected chi connectivity index (χ2v) is 7.62. The first-order chi connectivity index (χ1) is 11.0. The van der Waals surface area contributed by atoms with Crippen molar-refractivity contribution in [2.45, 2.75) is 69.5 Å². The van der Waals surface area contributed by atoms with Crippen molar-refractivity contribution in [1.82, 2.24) is 5.48 Å². The predicted octanol–water partition coefficient (Wildman–Crippen LogP) is 1.41. The van der Waals surface area contributed by atoms with Crippen LogP contribution in [0, 0.1) is 17.8 Å². The van der Waals surface area contributed by atoms with Crippen LogP contribution >= 0.6 is 0 Å². The van der Waals surface area contributed by atoms with Crippen LogP contribution in [0.25, 0.3) is 0 Å². The van der Waals surface area contributed by atoms with E-state index in [9.17, 15) is 9.90 Å². The van der Waals surface area contributed by atoms with Crippen molar-refractivity contribution in [2.75, 3.05) is 6.61 Å². The molecule has 1 aliphatic heterocycles. The Kier molecular flexibility index (Phi) is 3.89. The van der Waals surface area contributed by atoms with Crippen molar-refractivity contribution < 1.29 is 29.3 Å². The van der Waals surface area contributed by atoms with Crippen LogP contribution in [0.3, 0.4) is 0 Å². The number of fused-ring (bicyclic) bond motifs is 3. The van der Waals surface area contributed by atoms with E-state index in [1.807, 2.05) is 0 Å². The molecule has 4 rings (SSSR count). The number of hydrogen-bond acceptors (Lipinski definition) is 6. The maximum absolute atomic E-state index is 10.9. The van der Waals surface area contributed by atoms with E-state index in [1.54, 1.807) is 0 Å². The van der Waals surface area contributed by atoms with Gasteiger partial charge in [-0.3, -0.25) is 9.63 Å². The van der Waals surface area contributed by atoms with Gasteiger partial charge in [-0.1, -0.05) is 0 Å². The van der Waals surface area contributed by atoms with Crippen LogP contribution in [0.2, 0.25) is 0 Å². The number of amides is 1. The van der Waals surface area contributed by atoms with Crippen molar-refractivity contribution >= 4 is 5.91 Å². The van der Waals surface area contributed by atoms with Gasteiger partial charge in [-0.25, -0.2) is 5.48 Å². The number of carbonyl (C=O) groups excluding carboxylic acids is 1. The van der Waals surface area contributed by atoms with Gasteiger partial charge in [0.2, 0.25) is 17.5 Å². The number of nitrogens with one attached hydrogen (secondary N) is 1. The first kappa shape index (κ1) is 15.8. The van der Waals surface area contributed by atoms with Crippen LogP contribution in [0.1, 0.15) is 51.9 Å². The Morgan fingerprint density at radius 3 is 2.96 bits per heavy atom. The number of ether oxygens (including phenoxy) is 1. The van der Waals surface area contributed by atoms with E-state index in [0.717, 1.165) is 38.5 Å². The lowest BCUT2D eigenvalue weighted by molar-refractivity contribution is -0.366. The van der Waals surface area contributed by atoms with Gasteiger partial charge in [0.15, 0.2) is 0 Å². The molecule has 3 aliphatic carbocycles. The summed E-state index contributed by atoms with van der Waals surface area (Å²) >= 11 is 0. The Morgan fingerprint density at radius 2 is 2.22 bits per heavy atom. The zero-order valence-electron chi connectivity index (χ0n) is 13.5. The van der Waals surface area contributed by atoms with E-state index in [0.29, 0.717) is 18.9 Å². The maximum atomic E-state index is 10.9. The Bertz CT molecular complexity index is 487. The van der Waals surface area contributed by atoms with Crippen LogP contribution in [0.4, 0.5) is 0 Å². The zero-order valence-corrected chi connectivity index (χ0v) is 13.5. The van der Waals surface area contributed by atoms with Gasteiger partial charge in [-0.05, 0) is 37.5 Å². The number of hydrogen-bond donors (Lipinski definition) is 2. The average molecular weight is 327 g/mol. The largest absolute Gasteiger partial charge is 0.393 e. The van der Waals surface area contributed by atoms with Crippen LogP contribution < -0.4 is 5.48 Å². The molecule has 2 N–H and O–H groups in total. The number of aliphatic hydroxyl groups is 1. The van der Waals surface area contributed by atoms with E-state index in [1.165, 1.54) is 6.92 Å². The molecule has 3 saturated carbocycles. The molecule has 6 atom stereocenters. The fourth-order valence-electron chi connectivity index (χ4n) is 4.98. The summed E-state index contributed by atoms with van der Waals surface area (Å²) in [6.07, 6.45) is 5.45. The molecule has 0 unspecified atom stereocenters. The third kappa shape index (κ3) is 2.78. The second kappa shape index (κ2) is 5.67. The molecule has 0 aromatic heterocycles. The number of rotatable bonds is 3. The van der Waals surface area contributed by atoms with E-state index in [4.69, 9.17) is 19.3 Å². The molecule has 4 fully saturated rings. The molecule has 2 bridgehead atoms. The van der Waals surface area contributed by atoms with Crippen molar-refractivity contribution in [3.8, 4) is 0 Å². The zero-order chi connectivity index (χ0) is 16.1. The summed E-state index contributed by atoms with van der Waals surface area (Å²) in [6.45, 7) is 1.89. The molecular weight excluding hydrogens is 302 g/mol. The van der Waals surface area contributed by atoms with Gasteiger partial charge in [0, 0.05) is 32.1 Å². The quantitative estimate of drug-likeness (QED) is 0.602. The highest BCUT2D eigenvalue weighted by molar-refractivity contribution is 5.71. The van der Waals surface area contributed by atoms with Crippen molar-refractivity contribution in [3.05, 3.63) is 0 Å². The van der Waals surface area contributed by atoms with Crippen LogP contribution in [-0.4, -0.2) is 35.3 Å². The molecule has 1 saturated heterocycles. The summed E-state index contributed by atoms with van der Waals surface area (Å²) < 4.78 is 6.35. The van der Waals surface area contributed by atoms with Crippen molar-refractivity contribution in [1.29, 1.82) is 0 Å². The van der Waals surface area contributed by atoms with E-state index in [2.05, 4.69) is 5.48 Å². The third-order valence-corrected chi connectivity index (χ3v) is 5.78. The summed E-state index contributed by atoms with van der Waals surface area (Å²) in [6, 6.07) is 0. The van der Waals surface area contributed by atoms with Crippen molar-refractivity contribution in [3.63, 3.8) is 0 Å². The van der Waals surface area contributed by atoms with Crippen LogP contribution in [-0.2, 0) is 24.1 Å². The highest BCUT2D eigenvalue weighted by atomic mass is 17.3. The molecule has 130 valence electrons. The molecule has 1 heterocycles. The minimum atomic E-state index is -0.787. The van der Waals surface area contributed by atoms with Gasteiger partial charge in [0.05, 0.1) is 12.7 Å². The lowest BCUT2D eigenvalue weighted by Crippen LogP contribution is -2.46. The van der Waals surface area contributed by atoms with Gasteiger partial charge in [-0.15, -0.1) is 0 Å². The monoisotopic (exact) mass is 327 g/mol. The Balaban J connectivity index is 1.42. The smallest absolute Gasteiger partial charge is 0.240 e. The summed E-state index contributed by atoms with van der Waals surface area (Å²) in [5, 5.41) is 9.94. The minimum absolute atomic E-state index is 0.199. The van der Waals surface area contributed by atoms with Gasteiger partial charge in [0.25, 0.3) is 0 Å². The fourth-order valence-corrected chi connectivity index (χ4v) is 4.98. The summed E-state index contributed by atoms with van der Waals surface area (Å²) in [5.74, 6) is -0.657. The first-order valence-electron chi connectivity index (χ1n) is 8.64. The predicted molar refractivity (Wildman–Crippen MR) is 77.3 cm³/mol. The molecule has 0 aromatic rings. The number of aliphatic hydroxyl groups excluding tert-OH is 1. The van der Waals surface area contributed by atoms with Gasteiger partial charge < -0.3 is 9.84 Å². The number of carbonyl (C=O) groups is 1. The second-order valence-electron chi connectivity index (χ2n) is 7.62. The van der Waals surface area contributed by atoms with Gasteiger partial charge >= 0.3 is 0 Å². The summed E-state index contributed by atoms with van der Waals surface area (Å²) in [5.41, 5.74) is 2.39. The molecule has 7 heteroatoms. The van der Waals surface area contributed by atoms with E-state index in [-0.39, 0.29) is 23.8 Å². The highest BCUT2D eigenvalue weighted by Crippen LogP contribution is 2.60. The molecule has 0 radical (unpaired) electrons. The molecular formula is C16H25NO6. The Hall–Kier alpha value is -0.730. The third-order valence-electron chi connectivity index (χ3n) is 5.78. The topological polar surface area (TPSA) is 86.3 Å². The molecule has 0 aromatic carbocycles. The molecule has 23 heavy (non-hydrogen) atoms. The molecule has 2 spiro atoms. The normalized spacial score (nSPS) is 48.4. The number of hydroxylamine groups is 1. The Morgan fingerprint density at radius 1 is 1.35 bits per heavy atom. The SMILES string of the molecule is CC(=O)NOC[C@@H]1C[C@@H]2C[C@H]1[C@]1(C2)OO[C@]2(CCC[C@H](O)C2)O1. The lowest BCUT2D eigenvalue weighted by atomic mass is 9.84. The fraction of sp³-hybridized carbons (Fsp3) is 0.938. The Labute approximate surface area is 135 Å². The minimum Gasteiger partial charge on any atom is -0.393 e. The molecule has 4 aliphatic rings. The first-order valence-corrected chi connectivity index (χ1v) is 8.64. The maximum Gasteiger partial charge on any atom is 0.240 e. The van der Waals surface area contributed by atoms with Crippen LogP contribution in [0.5, 0.6) is 0 Å². The average Bonchev–Trinajstić information content (AvgIpc) is 3.12. The highest BCUT2D eigenvalue weighted by Gasteiger charge is 2.65. The summed E-state index contributed by atoms with van der Waals surface area (Å²) in [4.78, 5) is 27.6. The van der Waals surface area contributed by atoms with E-state index >= 15 is 0 Å². The van der Waals surface area contributed by atoms with E-state index < -0.39 is 11.6 Å². The molecule has 1 amide bonds. The van der Waals surface area contributed by atoms with Crippen molar-refractivity contribution in [2.24, 2.45) is 17.8 Å². The standard InChI is InChI=1S/C16H25NO6/c1-10(18)17-20-9-12-5-11-6-14(12)16(7-11)21-15(22-23-16)4-2-3-13(19)8-15/h11-14,19H,2-9H2,1H3,(H,17,18)/t11-,12+,13+,14-,15+,16+/m1/s1.